The largest absolute Gasteiger partial charge is 0.395 e. The maximum Gasteiger partial charge on any atom is 0.276 e. The molecule has 0 spiro atoms. The van der Waals surface area contributed by atoms with Crippen LogP contribution >= 0.6 is 34.2 Å². The number of carbonyl (C=O) groups is 1. The molecule has 5 nitrogen and oxygen atoms in total. The number of nitrogens with two attached hydrogens (primary N) is 1. The van der Waals surface area contributed by atoms with E-state index in [1.807, 2.05) is 13.0 Å². The molecule has 0 bridgehead atoms. The molecule has 1 amide bonds. The van der Waals surface area contributed by atoms with Crippen molar-refractivity contribution < 1.29 is 4.79 Å². The number of carbonyl (C=O) groups excluding carboxylic acids is 1. The van der Waals surface area contributed by atoms with Gasteiger partial charge < -0.3 is 11.1 Å². The minimum atomic E-state index is -0.319. The lowest BCUT2D eigenvalue weighted by atomic mass is 10.2. The Morgan fingerprint density at radius 3 is 2.80 bits per heavy atom. The number of rotatable bonds is 3. The van der Waals surface area contributed by atoms with E-state index in [0.717, 1.165) is 3.57 Å². The van der Waals surface area contributed by atoms with Gasteiger partial charge >= 0.3 is 0 Å². The van der Waals surface area contributed by atoms with E-state index in [2.05, 4.69) is 33.0 Å². The van der Waals surface area contributed by atoms with Gasteiger partial charge in [0.2, 0.25) is 0 Å². The van der Waals surface area contributed by atoms with Gasteiger partial charge in [-0.2, -0.15) is 5.10 Å². The molecule has 1 heterocycles. The Bertz CT molecular complexity index is 669. The molecule has 20 heavy (non-hydrogen) atoms. The molecule has 3 N–H and O–H groups in total. The normalized spacial score (nSPS) is 10.6. The van der Waals surface area contributed by atoms with Crippen molar-refractivity contribution in [1.29, 1.82) is 0 Å². The van der Waals surface area contributed by atoms with Crippen molar-refractivity contribution in [3.05, 3.63) is 38.2 Å². The number of halogens is 2. The van der Waals surface area contributed by atoms with Gasteiger partial charge in [-0.1, -0.05) is 18.5 Å². The number of aromatic nitrogens is 2. The smallest absolute Gasteiger partial charge is 0.276 e. The van der Waals surface area contributed by atoms with Crippen LogP contribution in [0.4, 0.5) is 11.4 Å². The average molecular weight is 405 g/mol. The summed E-state index contributed by atoms with van der Waals surface area (Å²) in [6, 6.07) is 5.41. The van der Waals surface area contributed by atoms with Crippen molar-refractivity contribution in [1.82, 2.24) is 9.78 Å². The Kier molecular flexibility index (Phi) is 4.54. The zero-order chi connectivity index (χ0) is 14.9. The van der Waals surface area contributed by atoms with E-state index in [0.29, 0.717) is 34.2 Å². The van der Waals surface area contributed by atoms with Gasteiger partial charge in [0.05, 0.1) is 22.1 Å². The SMILES string of the molecule is CCc1nn(C)c(C(=O)Nc2ccc(I)cc2Cl)c1N. The molecular formula is C13H14ClIN4O. The highest BCUT2D eigenvalue weighted by atomic mass is 127. The van der Waals surface area contributed by atoms with Gasteiger partial charge in [0, 0.05) is 10.6 Å². The number of nitrogens with zero attached hydrogens (tertiary/aromatic N) is 2. The van der Waals surface area contributed by atoms with Crippen LogP contribution in [0.5, 0.6) is 0 Å². The third kappa shape index (κ3) is 2.90. The monoisotopic (exact) mass is 404 g/mol. The van der Waals surface area contributed by atoms with Crippen LogP contribution in [0.25, 0.3) is 0 Å². The lowest BCUT2D eigenvalue weighted by Crippen LogP contribution is -2.17. The second-order valence-electron chi connectivity index (χ2n) is 4.26. The highest BCUT2D eigenvalue weighted by molar-refractivity contribution is 14.1. The summed E-state index contributed by atoms with van der Waals surface area (Å²) in [6.45, 7) is 1.94. The fourth-order valence-corrected chi connectivity index (χ4v) is 2.80. The average Bonchev–Trinajstić information content (AvgIpc) is 2.67. The summed E-state index contributed by atoms with van der Waals surface area (Å²) >= 11 is 8.25. The fraction of sp³-hybridized carbons (Fsp3) is 0.231. The molecule has 0 radical (unpaired) electrons. The molecule has 2 aromatic rings. The number of amides is 1. The van der Waals surface area contributed by atoms with Crippen molar-refractivity contribution in [2.45, 2.75) is 13.3 Å². The molecule has 0 saturated carbocycles. The van der Waals surface area contributed by atoms with Crippen LogP contribution in [-0.2, 0) is 13.5 Å². The molecule has 1 aromatic carbocycles. The van der Waals surface area contributed by atoms with Gasteiger partial charge in [0.15, 0.2) is 0 Å². The molecule has 0 aliphatic rings. The first-order valence-corrected chi connectivity index (χ1v) is 7.47. The van der Waals surface area contributed by atoms with Gasteiger partial charge in [-0.25, -0.2) is 0 Å². The van der Waals surface area contributed by atoms with Crippen molar-refractivity contribution >= 4 is 51.5 Å². The number of hydrogen-bond donors (Lipinski definition) is 2. The van der Waals surface area contributed by atoms with Crippen LogP contribution in [-0.4, -0.2) is 15.7 Å². The number of benzene rings is 1. The third-order valence-corrected chi connectivity index (χ3v) is 3.87. The number of hydrogen-bond acceptors (Lipinski definition) is 3. The molecule has 0 aliphatic heterocycles. The molecule has 0 saturated heterocycles. The van der Waals surface area contributed by atoms with Crippen LogP contribution in [0, 0.1) is 3.57 Å². The van der Waals surface area contributed by atoms with Crippen molar-refractivity contribution in [2.75, 3.05) is 11.1 Å². The highest BCUT2D eigenvalue weighted by Crippen LogP contribution is 2.25. The third-order valence-electron chi connectivity index (χ3n) is 2.89. The number of nitrogens with one attached hydrogen (secondary N) is 1. The van der Waals surface area contributed by atoms with Crippen molar-refractivity contribution in [3.8, 4) is 0 Å². The molecule has 7 heteroatoms. The first-order valence-electron chi connectivity index (χ1n) is 6.01. The zero-order valence-electron chi connectivity index (χ0n) is 11.1. The van der Waals surface area contributed by atoms with E-state index in [-0.39, 0.29) is 5.91 Å². The summed E-state index contributed by atoms with van der Waals surface area (Å²) in [4.78, 5) is 12.3. The van der Waals surface area contributed by atoms with Gasteiger partial charge in [0.1, 0.15) is 5.69 Å². The summed E-state index contributed by atoms with van der Waals surface area (Å²) in [6.07, 6.45) is 0.678. The van der Waals surface area contributed by atoms with E-state index in [1.54, 1.807) is 19.2 Å². The predicted molar refractivity (Wildman–Crippen MR) is 89.1 cm³/mol. The fourth-order valence-electron chi connectivity index (χ4n) is 1.90. The number of nitrogen functional groups attached to an aromatic ring is 1. The van der Waals surface area contributed by atoms with Crippen LogP contribution in [0.15, 0.2) is 18.2 Å². The van der Waals surface area contributed by atoms with E-state index in [1.165, 1.54) is 4.68 Å². The Labute approximate surface area is 135 Å². The quantitative estimate of drug-likeness (QED) is 0.772. The highest BCUT2D eigenvalue weighted by Gasteiger charge is 2.19. The van der Waals surface area contributed by atoms with Crippen molar-refractivity contribution in [3.63, 3.8) is 0 Å². The molecule has 0 aliphatic carbocycles. The Balaban J connectivity index is 2.31. The summed E-state index contributed by atoms with van der Waals surface area (Å²) < 4.78 is 2.49. The lowest BCUT2D eigenvalue weighted by molar-refractivity contribution is 0.101. The Morgan fingerprint density at radius 1 is 1.55 bits per heavy atom. The molecule has 0 atom stereocenters. The standard InChI is InChI=1S/C13H14ClIN4O/c1-3-9-11(16)12(19(2)18-9)13(20)17-10-5-4-7(15)6-8(10)14/h4-6H,3,16H2,1-2H3,(H,17,20). The van der Waals surface area contributed by atoms with Gasteiger partial charge in [-0.15, -0.1) is 0 Å². The summed E-state index contributed by atoms with van der Waals surface area (Å²) in [7, 11) is 1.69. The van der Waals surface area contributed by atoms with Gasteiger partial charge in [0.25, 0.3) is 5.91 Å². The Hall–Kier alpha value is -1.28. The first-order chi connectivity index (χ1) is 9.43. The van der Waals surface area contributed by atoms with Crippen LogP contribution < -0.4 is 11.1 Å². The van der Waals surface area contributed by atoms with Crippen molar-refractivity contribution in [2.24, 2.45) is 7.05 Å². The van der Waals surface area contributed by atoms with E-state index in [4.69, 9.17) is 17.3 Å². The molecule has 1 aromatic heterocycles. The van der Waals surface area contributed by atoms with E-state index >= 15 is 0 Å². The molecule has 106 valence electrons. The van der Waals surface area contributed by atoms with Crippen LogP contribution in [0.3, 0.4) is 0 Å². The van der Waals surface area contributed by atoms with Crippen LogP contribution in [0.1, 0.15) is 23.1 Å². The maximum absolute atomic E-state index is 12.3. The molecule has 0 fully saturated rings. The second kappa shape index (κ2) is 6.01. The Morgan fingerprint density at radius 2 is 2.25 bits per heavy atom. The molecule has 2 rings (SSSR count). The molecular weight excluding hydrogens is 391 g/mol. The summed E-state index contributed by atoms with van der Waals surface area (Å²) in [5, 5.41) is 7.47. The lowest BCUT2D eigenvalue weighted by Gasteiger charge is -2.08. The topological polar surface area (TPSA) is 72.9 Å². The maximum atomic E-state index is 12.3. The zero-order valence-corrected chi connectivity index (χ0v) is 14.0. The first kappa shape index (κ1) is 15.1. The summed E-state index contributed by atoms with van der Waals surface area (Å²) in [5.74, 6) is -0.319. The van der Waals surface area contributed by atoms with E-state index in [9.17, 15) is 4.79 Å². The second-order valence-corrected chi connectivity index (χ2v) is 5.92. The molecule has 0 unspecified atom stereocenters. The minimum absolute atomic E-state index is 0.319. The van der Waals surface area contributed by atoms with E-state index < -0.39 is 0 Å². The summed E-state index contributed by atoms with van der Waals surface area (Å²) in [5.41, 5.74) is 7.97. The number of aryl methyl sites for hydroxylation is 2. The number of anilines is 2. The predicted octanol–water partition coefficient (Wildman–Crippen LogP) is 3.08. The van der Waals surface area contributed by atoms with Crippen LogP contribution in [0.2, 0.25) is 5.02 Å². The van der Waals surface area contributed by atoms with Gasteiger partial charge in [-0.3, -0.25) is 9.48 Å². The minimum Gasteiger partial charge on any atom is -0.395 e. The van der Waals surface area contributed by atoms with Gasteiger partial charge in [-0.05, 0) is 47.2 Å².